The van der Waals surface area contributed by atoms with Gasteiger partial charge in [-0.15, -0.1) is 0 Å². The molecule has 0 bridgehead atoms. The zero-order valence-corrected chi connectivity index (χ0v) is 17.2. The summed E-state index contributed by atoms with van der Waals surface area (Å²) in [6, 6.07) is 11.7. The van der Waals surface area contributed by atoms with Crippen LogP contribution in [0.5, 0.6) is 5.75 Å². The molecule has 1 fully saturated rings. The van der Waals surface area contributed by atoms with Crippen LogP contribution in [-0.2, 0) is 14.8 Å². The van der Waals surface area contributed by atoms with Crippen LogP contribution in [0.1, 0.15) is 25.7 Å². The molecule has 1 heterocycles. The van der Waals surface area contributed by atoms with Gasteiger partial charge in [-0.05, 0) is 61.4 Å². The lowest BCUT2D eigenvalue weighted by Crippen LogP contribution is -2.32. The zero-order valence-electron chi connectivity index (χ0n) is 16.4. The van der Waals surface area contributed by atoms with Crippen molar-refractivity contribution in [1.29, 1.82) is 0 Å². The van der Waals surface area contributed by atoms with Gasteiger partial charge in [0, 0.05) is 25.8 Å². The Bertz CT molecular complexity index is 922. The maximum Gasteiger partial charge on any atom is 0.264 e. The Balaban J connectivity index is 1.60. The number of carbonyl (C=O) groups excluding carboxylic acids is 1. The molecule has 6 nitrogen and oxygen atoms in total. The molecule has 2 aromatic rings. The second-order valence-corrected chi connectivity index (χ2v) is 8.95. The summed E-state index contributed by atoms with van der Waals surface area (Å²) < 4.78 is 45.6. The minimum absolute atomic E-state index is 0.216. The van der Waals surface area contributed by atoms with E-state index in [-0.39, 0.29) is 23.2 Å². The van der Waals surface area contributed by atoms with Gasteiger partial charge in [-0.25, -0.2) is 12.8 Å². The fourth-order valence-corrected chi connectivity index (χ4v) is 4.71. The molecule has 0 saturated carbocycles. The lowest BCUT2D eigenvalue weighted by atomic mass is 10.2. The molecule has 8 heteroatoms. The number of ether oxygens (including phenoxy) is 1. The van der Waals surface area contributed by atoms with Crippen LogP contribution in [0, 0.1) is 5.82 Å². The number of nitrogens with zero attached hydrogens (tertiary/aromatic N) is 2. The molecule has 1 aliphatic heterocycles. The molecule has 29 heavy (non-hydrogen) atoms. The van der Waals surface area contributed by atoms with Gasteiger partial charge in [-0.3, -0.25) is 4.79 Å². The Kier molecular flexibility index (Phi) is 6.87. The average molecular weight is 421 g/mol. The Hall–Kier alpha value is -2.45. The summed E-state index contributed by atoms with van der Waals surface area (Å²) in [4.78, 5) is 13.9. The summed E-state index contributed by atoms with van der Waals surface area (Å²) in [5.41, 5.74) is 0.555. The lowest BCUT2D eigenvalue weighted by Gasteiger charge is -2.20. The summed E-state index contributed by atoms with van der Waals surface area (Å²) in [5, 5.41) is 0. The third-order valence-electron chi connectivity index (χ3n) is 4.98. The predicted octanol–water partition coefficient (Wildman–Crippen LogP) is 3.43. The number of anilines is 1. The molecule has 1 saturated heterocycles. The third-order valence-corrected chi connectivity index (χ3v) is 6.89. The van der Waals surface area contributed by atoms with Gasteiger partial charge in [0.05, 0.1) is 4.90 Å². The third kappa shape index (κ3) is 5.33. The molecule has 1 amide bonds. The first-order valence-corrected chi connectivity index (χ1v) is 11.1. The number of carbonyl (C=O) groups is 1. The molecule has 0 atom stereocenters. The molecule has 156 valence electrons. The van der Waals surface area contributed by atoms with E-state index in [1.165, 1.54) is 45.6 Å². The maximum atomic E-state index is 13.0. The highest BCUT2D eigenvalue weighted by Crippen LogP contribution is 2.22. The van der Waals surface area contributed by atoms with Crippen molar-refractivity contribution in [2.24, 2.45) is 0 Å². The van der Waals surface area contributed by atoms with Crippen molar-refractivity contribution in [2.45, 2.75) is 30.6 Å². The molecular formula is C21H25FN2O4S. The molecule has 0 unspecified atom stereocenters. The van der Waals surface area contributed by atoms with Crippen molar-refractivity contribution in [3.8, 4) is 5.75 Å². The number of likely N-dealkylation sites (N-methyl/N-ethyl adjacent to an activating group) is 1. The summed E-state index contributed by atoms with van der Waals surface area (Å²) in [6.45, 7) is 0.877. The van der Waals surface area contributed by atoms with Gasteiger partial charge < -0.3 is 9.64 Å². The normalized spacial score (nSPS) is 15.5. The Morgan fingerprint density at radius 3 is 2.17 bits per heavy atom. The molecule has 0 aromatic heterocycles. The van der Waals surface area contributed by atoms with Gasteiger partial charge in [0.2, 0.25) is 10.0 Å². The van der Waals surface area contributed by atoms with Gasteiger partial charge in [0.25, 0.3) is 5.91 Å². The van der Waals surface area contributed by atoms with E-state index in [1.54, 1.807) is 19.2 Å². The number of rotatable bonds is 6. The van der Waals surface area contributed by atoms with Crippen LogP contribution in [-0.4, -0.2) is 45.4 Å². The second kappa shape index (κ2) is 9.37. The van der Waals surface area contributed by atoms with Crippen molar-refractivity contribution in [1.82, 2.24) is 4.31 Å². The van der Waals surface area contributed by atoms with Crippen LogP contribution in [0.2, 0.25) is 0 Å². The number of benzene rings is 2. The molecule has 0 N–H and O–H groups in total. The van der Waals surface area contributed by atoms with Gasteiger partial charge in [0.1, 0.15) is 11.6 Å². The molecule has 3 rings (SSSR count). The van der Waals surface area contributed by atoms with Gasteiger partial charge in [0.15, 0.2) is 6.61 Å². The minimum Gasteiger partial charge on any atom is -0.484 e. The van der Waals surface area contributed by atoms with Crippen molar-refractivity contribution in [3.05, 3.63) is 54.3 Å². The summed E-state index contributed by atoms with van der Waals surface area (Å²) >= 11 is 0. The van der Waals surface area contributed by atoms with Crippen LogP contribution in [0.25, 0.3) is 0 Å². The van der Waals surface area contributed by atoms with Crippen molar-refractivity contribution >= 4 is 21.6 Å². The van der Waals surface area contributed by atoms with E-state index in [1.807, 2.05) is 0 Å². The average Bonchev–Trinajstić information content (AvgIpc) is 3.02. The smallest absolute Gasteiger partial charge is 0.264 e. The molecule has 0 spiro atoms. The highest BCUT2D eigenvalue weighted by atomic mass is 32.2. The standard InChI is InChI=1S/C21H25FN2O4S/c1-23(18-8-6-17(22)7-9-18)21(25)16-28-19-10-12-20(13-11-19)29(26,27)24-14-4-2-3-5-15-24/h6-13H,2-5,14-16H2,1H3. The fraction of sp³-hybridized carbons (Fsp3) is 0.381. The highest BCUT2D eigenvalue weighted by molar-refractivity contribution is 7.89. The molecular weight excluding hydrogens is 395 g/mol. The first-order valence-electron chi connectivity index (χ1n) is 9.63. The van der Waals surface area contributed by atoms with Crippen LogP contribution >= 0.6 is 0 Å². The minimum atomic E-state index is -3.51. The van der Waals surface area contributed by atoms with Crippen molar-refractivity contribution < 1.29 is 22.3 Å². The SMILES string of the molecule is CN(C(=O)COc1ccc(S(=O)(=O)N2CCCCCC2)cc1)c1ccc(F)cc1. The monoisotopic (exact) mass is 420 g/mol. The number of hydrogen-bond acceptors (Lipinski definition) is 4. The zero-order chi connectivity index (χ0) is 20.9. The van der Waals surface area contributed by atoms with Gasteiger partial charge in [-0.1, -0.05) is 12.8 Å². The first kappa shape index (κ1) is 21.3. The van der Waals surface area contributed by atoms with Gasteiger partial charge in [-0.2, -0.15) is 4.31 Å². The van der Waals surface area contributed by atoms with E-state index in [9.17, 15) is 17.6 Å². The first-order chi connectivity index (χ1) is 13.9. The van der Waals surface area contributed by atoms with E-state index in [2.05, 4.69) is 0 Å². The molecule has 1 aliphatic rings. The molecule has 0 aliphatic carbocycles. The number of amides is 1. The Labute approximate surface area is 170 Å². The maximum absolute atomic E-state index is 13.0. The van der Waals surface area contributed by atoms with E-state index >= 15 is 0 Å². The summed E-state index contributed by atoms with van der Waals surface area (Å²) in [6.07, 6.45) is 3.87. The van der Waals surface area contributed by atoms with E-state index in [4.69, 9.17) is 4.74 Å². The van der Waals surface area contributed by atoms with E-state index < -0.39 is 10.0 Å². The van der Waals surface area contributed by atoms with E-state index in [0.717, 1.165) is 25.7 Å². The fourth-order valence-electron chi connectivity index (χ4n) is 3.19. The lowest BCUT2D eigenvalue weighted by molar-refractivity contribution is -0.120. The van der Waals surface area contributed by atoms with Crippen molar-refractivity contribution in [3.63, 3.8) is 0 Å². The number of halogens is 1. The number of sulfonamides is 1. The van der Waals surface area contributed by atoms with Crippen LogP contribution in [0.3, 0.4) is 0 Å². The predicted molar refractivity (Wildman–Crippen MR) is 109 cm³/mol. The Morgan fingerprint density at radius 1 is 1.00 bits per heavy atom. The second-order valence-electron chi connectivity index (χ2n) is 7.01. The highest BCUT2D eigenvalue weighted by Gasteiger charge is 2.25. The van der Waals surface area contributed by atoms with Crippen LogP contribution in [0.4, 0.5) is 10.1 Å². The summed E-state index contributed by atoms with van der Waals surface area (Å²) in [5.74, 6) is -0.278. The summed E-state index contributed by atoms with van der Waals surface area (Å²) in [7, 11) is -1.94. The van der Waals surface area contributed by atoms with Crippen LogP contribution < -0.4 is 9.64 Å². The Morgan fingerprint density at radius 2 is 1.59 bits per heavy atom. The topological polar surface area (TPSA) is 66.9 Å². The number of hydrogen-bond donors (Lipinski definition) is 0. The van der Waals surface area contributed by atoms with Crippen LogP contribution in [0.15, 0.2) is 53.4 Å². The van der Waals surface area contributed by atoms with Gasteiger partial charge >= 0.3 is 0 Å². The molecule has 2 aromatic carbocycles. The van der Waals surface area contributed by atoms with E-state index in [0.29, 0.717) is 24.5 Å². The van der Waals surface area contributed by atoms with Crippen molar-refractivity contribution in [2.75, 3.05) is 31.6 Å². The quantitative estimate of drug-likeness (QED) is 0.718. The molecule has 0 radical (unpaired) electrons. The largest absolute Gasteiger partial charge is 0.484 e.